The Morgan fingerprint density at radius 3 is 2.43 bits per heavy atom. The summed E-state index contributed by atoms with van der Waals surface area (Å²) in [5, 5.41) is 0.177. The summed E-state index contributed by atoms with van der Waals surface area (Å²) in [4.78, 5) is 11.9. The molecule has 3 nitrogen and oxygen atoms in total. The van der Waals surface area contributed by atoms with Gasteiger partial charge < -0.3 is 9.16 Å². The first-order valence-electron chi connectivity index (χ1n) is 8.16. The highest BCUT2D eigenvalue weighted by Crippen LogP contribution is 2.37. The number of benzene rings is 1. The van der Waals surface area contributed by atoms with Gasteiger partial charge in [0.1, 0.15) is 0 Å². The Morgan fingerprint density at radius 2 is 1.91 bits per heavy atom. The first-order chi connectivity index (χ1) is 10.6. The molecule has 0 atom stereocenters. The monoisotopic (exact) mass is 334 g/mol. The van der Waals surface area contributed by atoms with Crippen LogP contribution in [-0.2, 0) is 22.2 Å². The van der Waals surface area contributed by atoms with E-state index in [9.17, 15) is 4.79 Å². The van der Waals surface area contributed by atoms with Gasteiger partial charge in [-0.25, -0.2) is 4.79 Å². The number of ether oxygens (including phenoxy) is 1. The van der Waals surface area contributed by atoms with Crippen LogP contribution in [0, 0.1) is 0 Å². The Bertz CT molecular complexity index is 556. The molecular weight excluding hydrogens is 304 g/mol. The Morgan fingerprint density at radius 1 is 1.26 bits per heavy atom. The van der Waals surface area contributed by atoms with Crippen LogP contribution >= 0.6 is 0 Å². The minimum absolute atomic E-state index is 0.177. The normalized spacial score (nSPS) is 12.1. The van der Waals surface area contributed by atoms with Crippen molar-refractivity contribution in [1.29, 1.82) is 0 Å². The van der Waals surface area contributed by atoms with E-state index < -0.39 is 8.32 Å². The number of rotatable bonds is 7. The molecule has 0 spiro atoms. The molecule has 0 radical (unpaired) electrons. The summed E-state index contributed by atoms with van der Waals surface area (Å²) in [5.41, 5.74) is 2.77. The van der Waals surface area contributed by atoms with Crippen LogP contribution < -0.4 is 0 Å². The zero-order valence-corrected chi connectivity index (χ0v) is 16.4. The lowest BCUT2D eigenvalue weighted by Crippen LogP contribution is -2.40. The highest BCUT2D eigenvalue weighted by molar-refractivity contribution is 6.74. The molecule has 4 heteroatoms. The third-order valence-electron chi connectivity index (χ3n) is 4.48. The molecule has 0 saturated heterocycles. The summed E-state index contributed by atoms with van der Waals surface area (Å²) in [6, 6.07) is 5.68. The third-order valence-corrected chi connectivity index (χ3v) is 8.95. The largest absolute Gasteiger partial charge is 0.462 e. The van der Waals surface area contributed by atoms with Gasteiger partial charge in [-0.2, -0.15) is 0 Å². The van der Waals surface area contributed by atoms with Crippen LogP contribution in [0.2, 0.25) is 18.1 Å². The van der Waals surface area contributed by atoms with Crippen LogP contribution in [0.1, 0.15) is 49.2 Å². The third kappa shape index (κ3) is 5.32. The van der Waals surface area contributed by atoms with Gasteiger partial charge in [0.05, 0.1) is 18.8 Å². The molecule has 1 rings (SSSR count). The van der Waals surface area contributed by atoms with E-state index in [1.165, 1.54) is 0 Å². The van der Waals surface area contributed by atoms with Crippen molar-refractivity contribution < 1.29 is 14.0 Å². The standard InChI is InChI=1S/C19H30O3Si/c1-8-10-15-13-16(18(20)21-9-2)11-12-17(15)14-22-23(6,7)19(3,4)5/h8,11-13H,1,9-10,14H2,2-7H3. The van der Waals surface area contributed by atoms with Gasteiger partial charge in [-0.15, -0.1) is 6.58 Å². The second-order valence-corrected chi connectivity index (χ2v) is 12.1. The summed E-state index contributed by atoms with van der Waals surface area (Å²) in [6.07, 6.45) is 2.56. The van der Waals surface area contributed by atoms with Gasteiger partial charge in [0.2, 0.25) is 0 Å². The van der Waals surface area contributed by atoms with E-state index in [1.807, 2.05) is 31.2 Å². The smallest absolute Gasteiger partial charge is 0.338 e. The average molecular weight is 335 g/mol. The van der Waals surface area contributed by atoms with Crippen molar-refractivity contribution in [3.05, 3.63) is 47.5 Å². The summed E-state index contributed by atoms with van der Waals surface area (Å²) in [5.74, 6) is -0.283. The number of esters is 1. The van der Waals surface area contributed by atoms with Crippen molar-refractivity contribution in [2.45, 2.75) is 58.9 Å². The maximum absolute atomic E-state index is 11.9. The Hall–Kier alpha value is -1.39. The van der Waals surface area contributed by atoms with E-state index in [0.29, 0.717) is 25.2 Å². The topological polar surface area (TPSA) is 35.5 Å². The molecular formula is C19H30O3Si. The van der Waals surface area contributed by atoms with Crippen LogP contribution in [0.3, 0.4) is 0 Å². The van der Waals surface area contributed by atoms with Gasteiger partial charge in [-0.05, 0) is 54.7 Å². The first kappa shape index (κ1) is 19.7. The molecule has 0 aromatic heterocycles. The van der Waals surface area contributed by atoms with Crippen LogP contribution in [0.5, 0.6) is 0 Å². The average Bonchev–Trinajstić information content (AvgIpc) is 2.45. The quantitative estimate of drug-likeness (QED) is 0.395. The van der Waals surface area contributed by atoms with Gasteiger partial charge in [0.25, 0.3) is 0 Å². The molecule has 0 aliphatic heterocycles. The zero-order chi connectivity index (χ0) is 17.7. The molecule has 0 aliphatic carbocycles. The fourth-order valence-electron chi connectivity index (χ4n) is 1.93. The predicted molar refractivity (Wildman–Crippen MR) is 98.3 cm³/mol. The van der Waals surface area contributed by atoms with Gasteiger partial charge in [-0.3, -0.25) is 0 Å². The van der Waals surface area contributed by atoms with Gasteiger partial charge >= 0.3 is 5.97 Å². The molecule has 0 unspecified atom stereocenters. The van der Waals surface area contributed by atoms with Crippen molar-refractivity contribution in [2.24, 2.45) is 0 Å². The lowest BCUT2D eigenvalue weighted by molar-refractivity contribution is 0.0526. The van der Waals surface area contributed by atoms with E-state index in [1.54, 1.807) is 0 Å². The number of hydrogen-bond donors (Lipinski definition) is 0. The van der Waals surface area contributed by atoms with E-state index in [-0.39, 0.29) is 11.0 Å². The molecule has 128 valence electrons. The van der Waals surface area contributed by atoms with Crippen molar-refractivity contribution >= 4 is 14.3 Å². The minimum atomic E-state index is -1.80. The molecule has 0 amide bonds. The van der Waals surface area contributed by atoms with Crippen molar-refractivity contribution in [1.82, 2.24) is 0 Å². The molecule has 0 bridgehead atoms. The molecule has 0 saturated carbocycles. The zero-order valence-electron chi connectivity index (χ0n) is 15.4. The summed E-state index contributed by atoms with van der Waals surface area (Å²) in [6.45, 7) is 17.7. The van der Waals surface area contributed by atoms with Crippen molar-refractivity contribution in [2.75, 3.05) is 6.61 Å². The molecule has 0 heterocycles. The molecule has 0 aliphatic rings. The van der Waals surface area contributed by atoms with E-state index in [2.05, 4.69) is 40.4 Å². The lowest BCUT2D eigenvalue weighted by atomic mass is 10.0. The molecule has 1 aromatic rings. The van der Waals surface area contributed by atoms with Crippen LogP contribution in [-0.4, -0.2) is 20.9 Å². The maximum atomic E-state index is 11.9. The van der Waals surface area contributed by atoms with E-state index in [0.717, 1.165) is 11.1 Å². The van der Waals surface area contributed by atoms with Crippen LogP contribution in [0.15, 0.2) is 30.9 Å². The molecule has 0 N–H and O–H groups in total. The van der Waals surface area contributed by atoms with Crippen molar-refractivity contribution in [3.63, 3.8) is 0 Å². The van der Waals surface area contributed by atoms with E-state index >= 15 is 0 Å². The molecule has 0 fully saturated rings. The Kier molecular flexibility index (Phi) is 6.78. The Balaban J connectivity index is 2.98. The maximum Gasteiger partial charge on any atom is 0.338 e. The number of carbonyl (C=O) groups excluding carboxylic acids is 1. The SMILES string of the molecule is C=CCc1cc(C(=O)OCC)ccc1CO[Si](C)(C)C(C)(C)C. The lowest BCUT2D eigenvalue weighted by Gasteiger charge is -2.36. The van der Waals surface area contributed by atoms with Crippen LogP contribution in [0.4, 0.5) is 0 Å². The summed E-state index contributed by atoms with van der Waals surface area (Å²) < 4.78 is 11.4. The predicted octanol–water partition coefficient (Wildman–Crippen LogP) is 5.11. The number of carbonyl (C=O) groups is 1. The van der Waals surface area contributed by atoms with Gasteiger partial charge in [0, 0.05) is 0 Å². The highest BCUT2D eigenvalue weighted by atomic mass is 28.4. The number of hydrogen-bond acceptors (Lipinski definition) is 3. The summed E-state index contributed by atoms with van der Waals surface area (Å²) >= 11 is 0. The van der Waals surface area contributed by atoms with Gasteiger partial charge in [-0.1, -0.05) is 32.9 Å². The van der Waals surface area contributed by atoms with Gasteiger partial charge in [0.15, 0.2) is 8.32 Å². The second-order valence-electron chi connectivity index (χ2n) is 7.25. The Labute approximate surface area is 141 Å². The minimum Gasteiger partial charge on any atom is -0.462 e. The fourth-order valence-corrected chi connectivity index (χ4v) is 2.88. The number of allylic oxidation sites excluding steroid dienone is 1. The second kappa shape index (κ2) is 7.93. The first-order valence-corrected chi connectivity index (χ1v) is 11.1. The fraction of sp³-hybridized carbons (Fsp3) is 0.526. The van der Waals surface area contributed by atoms with E-state index in [4.69, 9.17) is 9.16 Å². The summed E-state index contributed by atoms with van der Waals surface area (Å²) in [7, 11) is -1.80. The van der Waals surface area contributed by atoms with Crippen molar-refractivity contribution in [3.8, 4) is 0 Å². The highest BCUT2D eigenvalue weighted by Gasteiger charge is 2.37. The molecule has 1 aromatic carbocycles. The van der Waals surface area contributed by atoms with Crippen LogP contribution in [0.25, 0.3) is 0 Å². The molecule has 23 heavy (non-hydrogen) atoms.